The Kier molecular flexibility index (Phi) is 4.93. The van der Waals surface area contributed by atoms with Gasteiger partial charge in [0.2, 0.25) is 0 Å². The van der Waals surface area contributed by atoms with Gasteiger partial charge in [-0.15, -0.1) is 10.2 Å². The second-order valence-corrected chi connectivity index (χ2v) is 6.92. The molecule has 0 fully saturated rings. The Morgan fingerprint density at radius 1 is 0.500 bits per heavy atom. The van der Waals surface area contributed by atoms with Crippen molar-refractivity contribution in [1.29, 1.82) is 0 Å². The minimum absolute atomic E-state index is 0.103. The van der Waals surface area contributed by atoms with E-state index in [2.05, 4.69) is 30.4 Å². The van der Waals surface area contributed by atoms with Gasteiger partial charge in [0.25, 0.3) is 0 Å². The second kappa shape index (κ2) is 8.19. The number of nitrogens with zero attached hydrogens (tertiary/aromatic N) is 6. The zero-order valence-electron chi connectivity index (χ0n) is 16.7. The molecule has 0 saturated carbocycles. The molecule has 0 aliphatic rings. The van der Waals surface area contributed by atoms with Gasteiger partial charge in [0.1, 0.15) is 22.5 Å². The van der Waals surface area contributed by atoms with Gasteiger partial charge in [-0.2, -0.15) is 10.2 Å². The summed E-state index contributed by atoms with van der Waals surface area (Å²) in [5.74, 6) is 0.206. The van der Waals surface area contributed by atoms with Gasteiger partial charge < -0.3 is 10.2 Å². The van der Waals surface area contributed by atoms with Crippen molar-refractivity contribution in [2.45, 2.75) is 0 Å². The maximum absolute atomic E-state index is 9.95. The first kappa shape index (κ1) is 19.3. The maximum atomic E-state index is 9.95. The van der Waals surface area contributed by atoms with E-state index in [4.69, 9.17) is 0 Å². The van der Waals surface area contributed by atoms with Crippen molar-refractivity contribution in [3.63, 3.8) is 0 Å². The van der Waals surface area contributed by atoms with Gasteiger partial charge in [-0.3, -0.25) is 9.97 Å². The van der Waals surface area contributed by atoms with Crippen LogP contribution in [0.1, 0.15) is 0 Å². The molecule has 5 aromatic rings. The van der Waals surface area contributed by atoms with Crippen LogP contribution in [0, 0.1) is 0 Å². The van der Waals surface area contributed by atoms with E-state index in [9.17, 15) is 10.2 Å². The zero-order chi connectivity index (χ0) is 21.9. The van der Waals surface area contributed by atoms with Crippen LogP contribution in [0.5, 0.6) is 11.5 Å². The number of aromatic hydroxyl groups is 2. The molecule has 2 aromatic heterocycles. The molecule has 0 amide bonds. The van der Waals surface area contributed by atoms with Crippen LogP contribution in [-0.2, 0) is 0 Å². The van der Waals surface area contributed by atoms with E-state index in [1.54, 1.807) is 73.1 Å². The van der Waals surface area contributed by atoms with E-state index in [0.29, 0.717) is 33.8 Å². The Morgan fingerprint density at radius 3 is 1.38 bits per heavy atom. The molecule has 0 spiro atoms. The molecule has 0 bridgehead atoms. The molecule has 2 N–H and O–H groups in total. The number of hydrogen-bond donors (Lipinski definition) is 2. The van der Waals surface area contributed by atoms with Gasteiger partial charge in [-0.25, -0.2) is 0 Å². The lowest BCUT2D eigenvalue weighted by Gasteiger charge is -2.02. The lowest BCUT2D eigenvalue weighted by Crippen LogP contribution is -1.79. The van der Waals surface area contributed by atoms with E-state index >= 15 is 0 Å². The van der Waals surface area contributed by atoms with Crippen LogP contribution >= 0.6 is 0 Å². The Morgan fingerprint density at radius 2 is 0.938 bits per heavy atom. The standard InChI is InChI=1S/C24H16N6O2/c31-21-11-9-19(17-3-1-13-25-23(17)21)29-27-15-5-7-16(8-6-15)28-30-20-10-12-22(32)24-18(20)4-2-14-26-24/h1-14,31-32H. The first-order valence-corrected chi connectivity index (χ1v) is 9.76. The van der Waals surface area contributed by atoms with E-state index in [1.807, 2.05) is 12.1 Å². The van der Waals surface area contributed by atoms with E-state index < -0.39 is 0 Å². The van der Waals surface area contributed by atoms with Crippen LogP contribution in [0.15, 0.2) is 106 Å². The predicted octanol–water partition coefficient (Wildman–Crippen LogP) is 7.03. The van der Waals surface area contributed by atoms with Crippen molar-refractivity contribution in [3.8, 4) is 11.5 Å². The molecule has 2 heterocycles. The number of fused-ring (bicyclic) bond motifs is 2. The normalized spacial score (nSPS) is 11.8. The fraction of sp³-hybridized carbons (Fsp3) is 0. The number of phenols is 2. The third-order valence-electron chi connectivity index (χ3n) is 4.85. The molecule has 0 saturated heterocycles. The Hall–Kier alpha value is -4.72. The van der Waals surface area contributed by atoms with Gasteiger partial charge in [0.15, 0.2) is 0 Å². The van der Waals surface area contributed by atoms with Crippen LogP contribution in [-0.4, -0.2) is 20.2 Å². The molecule has 3 aromatic carbocycles. The minimum Gasteiger partial charge on any atom is -0.506 e. The van der Waals surface area contributed by atoms with Crippen LogP contribution in [0.3, 0.4) is 0 Å². The van der Waals surface area contributed by atoms with E-state index in [-0.39, 0.29) is 11.5 Å². The third kappa shape index (κ3) is 3.72. The molecule has 0 radical (unpaired) electrons. The Bertz CT molecular complexity index is 1380. The number of pyridine rings is 2. The largest absolute Gasteiger partial charge is 0.506 e. The van der Waals surface area contributed by atoms with Crippen molar-refractivity contribution >= 4 is 44.6 Å². The van der Waals surface area contributed by atoms with E-state index in [1.165, 1.54) is 0 Å². The highest BCUT2D eigenvalue weighted by molar-refractivity contribution is 5.94. The molecular weight excluding hydrogens is 404 g/mol. The van der Waals surface area contributed by atoms with Gasteiger partial charge in [-0.05, 0) is 72.8 Å². The highest BCUT2D eigenvalue weighted by Gasteiger charge is 2.06. The SMILES string of the molecule is Oc1ccc(N=Nc2ccc(N=Nc3ccc(O)c4ncccc34)cc2)c2cccnc12. The molecule has 32 heavy (non-hydrogen) atoms. The number of rotatable bonds is 4. The zero-order valence-corrected chi connectivity index (χ0v) is 16.7. The number of aromatic nitrogens is 2. The topological polar surface area (TPSA) is 116 Å². The lowest BCUT2D eigenvalue weighted by atomic mass is 10.2. The molecule has 8 nitrogen and oxygen atoms in total. The quantitative estimate of drug-likeness (QED) is 0.304. The molecule has 0 aliphatic heterocycles. The number of phenolic OH excluding ortho intramolecular Hbond substituents is 2. The highest BCUT2D eigenvalue weighted by Crippen LogP contribution is 2.33. The average molecular weight is 420 g/mol. The smallest absolute Gasteiger partial charge is 0.141 e. The summed E-state index contributed by atoms with van der Waals surface area (Å²) >= 11 is 0. The van der Waals surface area contributed by atoms with Crippen molar-refractivity contribution < 1.29 is 10.2 Å². The predicted molar refractivity (Wildman–Crippen MR) is 122 cm³/mol. The van der Waals surface area contributed by atoms with Gasteiger partial charge in [0, 0.05) is 23.2 Å². The first-order valence-electron chi connectivity index (χ1n) is 9.76. The number of benzene rings is 3. The molecular formula is C24H16N6O2. The lowest BCUT2D eigenvalue weighted by molar-refractivity contribution is 0.480. The monoisotopic (exact) mass is 420 g/mol. The van der Waals surface area contributed by atoms with Crippen molar-refractivity contribution in [2.24, 2.45) is 20.5 Å². The summed E-state index contributed by atoms with van der Waals surface area (Å²) in [5.41, 5.74) is 3.49. The maximum Gasteiger partial charge on any atom is 0.141 e. The Balaban J connectivity index is 1.38. The average Bonchev–Trinajstić information content (AvgIpc) is 2.84. The van der Waals surface area contributed by atoms with Crippen LogP contribution in [0.4, 0.5) is 22.7 Å². The van der Waals surface area contributed by atoms with Crippen molar-refractivity contribution in [1.82, 2.24) is 9.97 Å². The fourth-order valence-corrected chi connectivity index (χ4v) is 3.27. The minimum atomic E-state index is 0.103. The summed E-state index contributed by atoms with van der Waals surface area (Å²) < 4.78 is 0. The summed E-state index contributed by atoms with van der Waals surface area (Å²) in [6.45, 7) is 0. The summed E-state index contributed by atoms with van der Waals surface area (Å²) in [6.07, 6.45) is 3.24. The summed E-state index contributed by atoms with van der Waals surface area (Å²) in [7, 11) is 0. The molecule has 154 valence electrons. The molecule has 0 atom stereocenters. The fourth-order valence-electron chi connectivity index (χ4n) is 3.27. The summed E-state index contributed by atoms with van der Waals surface area (Å²) in [4.78, 5) is 8.37. The third-order valence-corrected chi connectivity index (χ3v) is 4.85. The number of azo groups is 2. The summed E-state index contributed by atoms with van der Waals surface area (Å²) in [5, 5.41) is 38.5. The van der Waals surface area contributed by atoms with Gasteiger partial charge >= 0.3 is 0 Å². The van der Waals surface area contributed by atoms with E-state index in [0.717, 1.165) is 10.8 Å². The highest BCUT2D eigenvalue weighted by atomic mass is 16.3. The van der Waals surface area contributed by atoms with Crippen LogP contribution < -0.4 is 0 Å². The van der Waals surface area contributed by atoms with Crippen LogP contribution in [0.2, 0.25) is 0 Å². The Labute approximate surface area is 182 Å². The second-order valence-electron chi connectivity index (χ2n) is 6.92. The van der Waals surface area contributed by atoms with Gasteiger partial charge in [0.05, 0.1) is 22.7 Å². The number of hydrogen-bond acceptors (Lipinski definition) is 8. The molecule has 8 heteroatoms. The van der Waals surface area contributed by atoms with Crippen molar-refractivity contribution in [3.05, 3.63) is 85.2 Å². The summed E-state index contributed by atoms with van der Waals surface area (Å²) in [6, 6.07) is 20.9. The van der Waals surface area contributed by atoms with Crippen molar-refractivity contribution in [2.75, 3.05) is 0 Å². The molecule has 5 rings (SSSR count). The van der Waals surface area contributed by atoms with Gasteiger partial charge in [-0.1, -0.05) is 0 Å². The molecule has 0 unspecified atom stereocenters. The van der Waals surface area contributed by atoms with Crippen LogP contribution in [0.25, 0.3) is 21.8 Å². The first-order chi connectivity index (χ1) is 15.7. The molecule has 0 aliphatic carbocycles.